The third-order valence-electron chi connectivity index (χ3n) is 4.02. The molecule has 3 nitrogen and oxygen atoms in total. The van der Waals surface area contributed by atoms with Gasteiger partial charge in [-0.15, -0.1) is 0 Å². The molecule has 1 aliphatic carbocycles. The number of nitrogens with two attached hydrogens (primary N) is 1. The molecule has 17 heavy (non-hydrogen) atoms. The molecule has 0 unspecified atom stereocenters. The molecule has 0 saturated heterocycles. The van der Waals surface area contributed by atoms with Crippen LogP contribution in [0.5, 0.6) is 5.75 Å². The van der Waals surface area contributed by atoms with Crippen LogP contribution in [0.25, 0.3) is 0 Å². The van der Waals surface area contributed by atoms with E-state index in [0.29, 0.717) is 12.3 Å². The van der Waals surface area contributed by atoms with E-state index in [-0.39, 0.29) is 5.41 Å². The first-order valence-corrected chi connectivity index (χ1v) is 6.30. The van der Waals surface area contributed by atoms with E-state index in [1.165, 1.54) is 12.8 Å². The molecule has 3 N–H and O–H groups in total. The Morgan fingerprint density at radius 2 is 1.94 bits per heavy atom. The van der Waals surface area contributed by atoms with Crippen molar-refractivity contribution in [3.63, 3.8) is 0 Å². The van der Waals surface area contributed by atoms with Gasteiger partial charge in [0.1, 0.15) is 5.75 Å². The Kier molecular flexibility index (Phi) is 3.29. The van der Waals surface area contributed by atoms with Gasteiger partial charge in [-0.05, 0) is 31.0 Å². The second-order valence-corrected chi connectivity index (χ2v) is 5.29. The molecule has 0 aliphatic heterocycles. The van der Waals surface area contributed by atoms with Crippen molar-refractivity contribution in [3.05, 3.63) is 23.8 Å². The lowest BCUT2D eigenvalue weighted by atomic mass is 9.78. The number of nitrogens with zero attached hydrogens (tertiary/aromatic N) is 1. The van der Waals surface area contributed by atoms with Gasteiger partial charge >= 0.3 is 0 Å². The van der Waals surface area contributed by atoms with E-state index in [2.05, 4.69) is 11.0 Å². The highest BCUT2D eigenvalue weighted by Gasteiger charge is 2.36. The summed E-state index contributed by atoms with van der Waals surface area (Å²) in [5, 5.41) is 10.1. The summed E-state index contributed by atoms with van der Waals surface area (Å²) in [6.07, 6.45) is 4.60. The first-order chi connectivity index (χ1) is 8.09. The van der Waals surface area contributed by atoms with Crippen molar-refractivity contribution in [3.8, 4) is 5.75 Å². The van der Waals surface area contributed by atoms with E-state index >= 15 is 0 Å². The second-order valence-electron chi connectivity index (χ2n) is 5.29. The lowest BCUT2D eigenvalue weighted by Crippen LogP contribution is -2.32. The molecule has 1 aromatic carbocycles. The van der Waals surface area contributed by atoms with Crippen LogP contribution >= 0.6 is 0 Å². The van der Waals surface area contributed by atoms with Gasteiger partial charge in [0.25, 0.3) is 0 Å². The number of hydrogen-bond acceptors (Lipinski definition) is 3. The summed E-state index contributed by atoms with van der Waals surface area (Å²) in [6.45, 7) is 0.622. The van der Waals surface area contributed by atoms with Crippen LogP contribution in [-0.4, -0.2) is 25.7 Å². The summed E-state index contributed by atoms with van der Waals surface area (Å²) >= 11 is 0. The summed E-state index contributed by atoms with van der Waals surface area (Å²) in [7, 11) is 4.03. The fraction of sp³-hybridized carbons (Fsp3) is 0.571. The minimum Gasteiger partial charge on any atom is -0.508 e. The quantitative estimate of drug-likeness (QED) is 0.843. The Morgan fingerprint density at radius 3 is 2.47 bits per heavy atom. The normalized spacial score (nSPS) is 18.3. The van der Waals surface area contributed by atoms with Crippen LogP contribution in [0, 0.1) is 0 Å². The Morgan fingerprint density at radius 1 is 1.29 bits per heavy atom. The topological polar surface area (TPSA) is 49.5 Å². The summed E-state index contributed by atoms with van der Waals surface area (Å²) in [4.78, 5) is 2.06. The molecule has 1 fully saturated rings. The minimum absolute atomic E-state index is 0.00387. The molecule has 1 saturated carbocycles. The molecule has 2 rings (SSSR count). The third-order valence-corrected chi connectivity index (χ3v) is 4.02. The van der Waals surface area contributed by atoms with E-state index in [1.54, 1.807) is 6.07 Å². The molecule has 0 atom stereocenters. The van der Waals surface area contributed by atoms with E-state index < -0.39 is 0 Å². The maximum atomic E-state index is 10.1. The Bertz CT molecular complexity index is 395. The Balaban J connectivity index is 2.45. The summed E-state index contributed by atoms with van der Waals surface area (Å²) in [5.74, 6) is 0.392. The summed E-state index contributed by atoms with van der Waals surface area (Å²) < 4.78 is 0. The Hall–Kier alpha value is -1.22. The van der Waals surface area contributed by atoms with Crippen LogP contribution in [0.15, 0.2) is 18.2 Å². The molecule has 1 aliphatic rings. The van der Waals surface area contributed by atoms with E-state index in [4.69, 9.17) is 5.73 Å². The van der Waals surface area contributed by atoms with E-state index in [9.17, 15) is 5.11 Å². The first kappa shape index (κ1) is 12.2. The lowest BCUT2D eigenvalue weighted by molar-refractivity contribution is 0.406. The van der Waals surface area contributed by atoms with Crippen molar-refractivity contribution >= 4 is 5.69 Å². The fourth-order valence-corrected chi connectivity index (χ4v) is 2.86. The fourth-order valence-electron chi connectivity index (χ4n) is 2.86. The van der Waals surface area contributed by atoms with Crippen LogP contribution in [0.4, 0.5) is 5.69 Å². The molecule has 0 aromatic heterocycles. The highest BCUT2D eigenvalue weighted by Crippen LogP contribution is 2.44. The van der Waals surface area contributed by atoms with Crippen molar-refractivity contribution in [1.29, 1.82) is 0 Å². The summed E-state index contributed by atoms with van der Waals surface area (Å²) in [5.41, 5.74) is 8.12. The smallest absolute Gasteiger partial charge is 0.119 e. The maximum Gasteiger partial charge on any atom is 0.119 e. The maximum absolute atomic E-state index is 10.1. The number of anilines is 1. The summed E-state index contributed by atoms with van der Waals surface area (Å²) in [6, 6.07) is 5.83. The highest BCUT2D eigenvalue weighted by atomic mass is 16.3. The van der Waals surface area contributed by atoms with E-state index in [1.807, 2.05) is 20.2 Å². The SMILES string of the molecule is CN(C)c1ccc(O)c(C2(CN)CCCC2)c1. The zero-order valence-electron chi connectivity index (χ0n) is 10.7. The van der Waals surface area contributed by atoms with Crippen LogP contribution in [0.3, 0.4) is 0 Å². The van der Waals surface area contributed by atoms with E-state index in [0.717, 1.165) is 24.1 Å². The van der Waals surface area contributed by atoms with Crippen molar-refractivity contribution in [2.24, 2.45) is 5.73 Å². The molecule has 3 heteroatoms. The molecule has 94 valence electrons. The van der Waals surface area contributed by atoms with Gasteiger partial charge in [0.15, 0.2) is 0 Å². The third kappa shape index (κ3) is 2.12. The number of rotatable bonds is 3. The molecular formula is C14H22N2O. The zero-order valence-corrected chi connectivity index (χ0v) is 10.7. The van der Waals surface area contributed by atoms with Gasteiger partial charge in [-0.3, -0.25) is 0 Å². The molecule has 0 heterocycles. The van der Waals surface area contributed by atoms with Gasteiger partial charge in [-0.1, -0.05) is 12.8 Å². The van der Waals surface area contributed by atoms with Gasteiger partial charge in [-0.25, -0.2) is 0 Å². The standard InChI is InChI=1S/C14H22N2O/c1-16(2)11-5-6-13(17)12(9-11)14(10-15)7-3-4-8-14/h5-6,9,17H,3-4,7-8,10,15H2,1-2H3. The number of benzene rings is 1. The monoisotopic (exact) mass is 234 g/mol. The van der Waals surface area contributed by atoms with Gasteiger partial charge < -0.3 is 15.7 Å². The largest absolute Gasteiger partial charge is 0.508 e. The van der Waals surface area contributed by atoms with Crippen LogP contribution in [0.1, 0.15) is 31.2 Å². The molecule has 1 aromatic rings. The van der Waals surface area contributed by atoms with Crippen molar-refractivity contribution in [1.82, 2.24) is 0 Å². The number of hydrogen-bond donors (Lipinski definition) is 2. The average molecular weight is 234 g/mol. The average Bonchev–Trinajstić information content (AvgIpc) is 2.79. The molecular weight excluding hydrogens is 212 g/mol. The van der Waals surface area contributed by atoms with Crippen molar-refractivity contribution < 1.29 is 5.11 Å². The van der Waals surface area contributed by atoms with Crippen LogP contribution in [0.2, 0.25) is 0 Å². The number of aromatic hydroxyl groups is 1. The second kappa shape index (κ2) is 4.57. The van der Waals surface area contributed by atoms with Gasteiger partial charge in [0.05, 0.1) is 0 Å². The molecule has 0 spiro atoms. The predicted molar refractivity (Wildman–Crippen MR) is 71.6 cm³/mol. The van der Waals surface area contributed by atoms with Crippen molar-refractivity contribution in [2.75, 3.05) is 25.5 Å². The van der Waals surface area contributed by atoms with Crippen molar-refractivity contribution in [2.45, 2.75) is 31.1 Å². The zero-order chi connectivity index (χ0) is 12.5. The number of phenolic OH excluding ortho intramolecular Hbond substituents is 1. The molecule has 0 amide bonds. The number of phenols is 1. The van der Waals surface area contributed by atoms with Gasteiger partial charge in [0, 0.05) is 37.3 Å². The first-order valence-electron chi connectivity index (χ1n) is 6.30. The molecule has 0 radical (unpaired) electrons. The highest BCUT2D eigenvalue weighted by molar-refractivity contribution is 5.54. The van der Waals surface area contributed by atoms with Crippen LogP contribution < -0.4 is 10.6 Å². The van der Waals surface area contributed by atoms with Gasteiger partial charge in [-0.2, -0.15) is 0 Å². The lowest BCUT2D eigenvalue weighted by Gasteiger charge is -2.29. The Labute approximate surface area is 103 Å². The minimum atomic E-state index is -0.00387. The van der Waals surface area contributed by atoms with Gasteiger partial charge in [0.2, 0.25) is 0 Å². The predicted octanol–water partition coefficient (Wildman–Crippen LogP) is 2.23. The van der Waals surface area contributed by atoms with Crippen LogP contribution in [-0.2, 0) is 5.41 Å². The molecule has 0 bridgehead atoms.